The molecule has 92 valence electrons. The number of hydrogen-bond acceptors (Lipinski definition) is 2. The fourth-order valence-corrected chi connectivity index (χ4v) is 3.80. The van der Waals surface area contributed by atoms with Gasteiger partial charge in [0.1, 0.15) is 0 Å². The maximum absolute atomic E-state index is 11.6. The Labute approximate surface area is 102 Å². The molecule has 17 heavy (non-hydrogen) atoms. The Bertz CT molecular complexity index is 513. The van der Waals surface area contributed by atoms with Gasteiger partial charge < -0.3 is 0 Å². The highest BCUT2D eigenvalue weighted by atomic mass is 32.2. The van der Waals surface area contributed by atoms with E-state index in [2.05, 4.69) is 16.0 Å². The summed E-state index contributed by atoms with van der Waals surface area (Å²) in [5.74, 6) is 0. The summed E-state index contributed by atoms with van der Waals surface area (Å²) in [6.07, 6.45) is 2.30. The van der Waals surface area contributed by atoms with Crippen molar-refractivity contribution in [2.45, 2.75) is 24.9 Å². The third-order valence-electron chi connectivity index (χ3n) is 2.98. The van der Waals surface area contributed by atoms with Gasteiger partial charge in [0, 0.05) is 0 Å². The van der Waals surface area contributed by atoms with Crippen molar-refractivity contribution in [3.63, 3.8) is 0 Å². The number of benzene rings is 1. The van der Waals surface area contributed by atoms with Crippen LogP contribution in [0.4, 0.5) is 0 Å². The molecule has 2 rings (SSSR count). The van der Waals surface area contributed by atoms with Crippen LogP contribution >= 0.6 is 0 Å². The first-order chi connectivity index (χ1) is 7.97. The van der Waals surface area contributed by atoms with Crippen LogP contribution < -0.4 is 9.44 Å². The molecule has 5 heteroatoms. The molecule has 0 aliphatic carbocycles. The Balaban J connectivity index is 2.41. The molecular formula is C12H16N2O2S. The first kappa shape index (κ1) is 12.3. The minimum atomic E-state index is -3.42. The average molecular weight is 252 g/mol. The molecular weight excluding hydrogens is 236 g/mol. The average Bonchev–Trinajstić information content (AvgIpc) is 2.50. The standard InChI is InChI=1S/C12H16N2O2S/c1-3-9-12(2)11(13-17(15,16)14-12)10-7-5-4-6-8-10/h3-8,11,13-14H,1,9H2,2H3/t11-,12+/m1/s1. The first-order valence-corrected chi connectivity index (χ1v) is 6.92. The van der Waals surface area contributed by atoms with E-state index >= 15 is 0 Å². The molecule has 1 aliphatic rings. The van der Waals surface area contributed by atoms with E-state index in [1.54, 1.807) is 6.08 Å². The van der Waals surface area contributed by atoms with E-state index in [9.17, 15) is 8.42 Å². The Morgan fingerprint density at radius 2 is 2.06 bits per heavy atom. The molecule has 4 nitrogen and oxygen atoms in total. The summed E-state index contributed by atoms with van der Waals surface area (Å²) in [5, 5.41) is 0. The van der Waals surface area contributed by atoms with Gasteiger partial charge in [-0.3, -0.25) is 0 Å². The van der Waals surface area contributed by atoms with Crippen LogP contribution in [-0.4, -0.2) is 14.0 Å². The second-order valence-corrected chi connectivity index (χ2v) is 5.92. The topological polar surface area (TPSA) is 58.2 Å². The largest absolute Gasteiger partial charge is 0.278 e. The SMILES string of the molecule is C=CC[C@]1(C)NS(=O)(=O)N[C@@H]1c1ccccc1. The van der Waals surface area contributed by atoms with Gasteiger partial charge in [-0.15, -0.1) is 6.58 Å². The van der Waals surface area contributed by atoms with Crippen molar-refractivity contribution in [1.29, 1.82) is 0 Å². The summed E-state index contributed by atoms with van der Waals surface area (Å²) in [5.41, 5.74) is 0.382. The normalized spacial score (nSPS) is 31.2. The van der Waals surface area contributed by atoms with Crippen molar-refractivity contribution in [3.8, 4) is 0 Å². The summed E-state index contributed by atoms with van der Waals surface area (Å²) in [6.45, 7) is 5.56. The van der Waals surface area contributed by atoms with E-state index in [1.165, 1.54) is 0 Å². The lowest BCUT2D eigenvalue weighted by Gasteiger charge is -2.28. The first-order valence-electron chi connectivity index (χ1n) is 5.44. The predicted octanol–water partition coefficient (Wildman–Crippen LogP) is 1.50. The van der Waals surface area contributed by atoms with Crippen molar-refractivity contribution < 1.29 is 8.42 Å². The highest BCUT2D eigenvalue weighted by molar-refractivity contribution is 7.87. The lowest BCUT2D eigenvalue weighted by Crippen LogP contribution is -2.41. The van der Waals surface area contributed by atoms with Crippen LogP contribution in [-0.2, 0) is 10.2 Å². The number of hydrogen-bond donors (Lipinski definition) is 2. The molecule has 1 aliphatic heterocycles. The smallest absolute Gasteiger partial charge is 0.195 e. The van der Waals surface area contributed by atoms with Crippen molar-refractivity contribution in [3.05, 3.63) is 48.6 Å². The second kappa shape index (κ2) is 4.25. The Morgan fingerprint density at radius 3 is 2.65 bits per heavy atom. The zero-order valence-corrected chi connectivity index (χ0v) is 10.5. The lowest BCUT2D eigenvalue weighted by atomic mass is 9.86. The molecule has 2 N–H and O–H groups in total. The third-order valence-corrected chi connectivity index (χ3v) is 4.26. The summed E-state index contributed by atoms with van der Waals surface area (Å²) in [4.78, 5) is 0. The van der Waals surface area contributed by atoms with Gasteiger partial charge in [-0.05, 0) is 18.9 Å². The molecule has 1 aromatic carbocycles. The highest BCUT2D eigenvalue weighted by Crippen LogP contribution is 2.34. The molecule has 0 spiro atoms. The summed E-state index contributed by atoms with van der Waals surface area (Å²) < 4.78 is 28.6. The van der Waals surface area contributed by atoms with Crippen molar-refractivity contribution in [2.24, 2.45) is 0 Å². The van der Waals surface area contributed by atoms with E-state index in [0.717, 1.165) is 5.56 Å². The van der Waals surface area contributed by atoms with Gasteiger partial charge in [0.25, 0.3) is 10.2 Å². The van der Waals surface area contributed by atoms with Crippen molar-refractivity contribution >= 4 is 10.2 Å². The molecule has 0 unspecified atom stereocenters. The van der Waals surface area contributed by atoms with E-state index in [1.807, 2.05) is 37.3 Å². The monoisotopic (exact) mass is 252 g/mol. The van der Waals surface area contributed by atoms with Crippen molar-refractivity contribution in [1.82, 2.24) is 9.44 Å². The Kier molecular flexibility index (Phi) is 3.07. The second-order valence-electron chi connectivity index (χ2n) is 4.48. The van der Waals surface area contributed by atoms with E-state index < -0.39 is 15.7 Å². The van der Waals surface area contributed by atoms with Crippen LogP contribution in [0.5, 0.6) is 0 Å². The zero-order valence-electron chi connectivity index (χ0n) is 9.68. The lowest BCUT2D eigenvalue weighted by molar-refractivity contribution is 0.370. The van der Waals surface area contributed by atoms with Crippen LogP contribution in [0.3, 0.4) is 0 Å². The van der Waals surface area contributed by atoms with Gasteiger partial charge in [0.05, 0.1) is 11.6 Å². The molecule has 1 fully saturated rings. The van der Waals surface area contributed by atoms with Crippen LogP contribution in [0.1, 0.15) is 24.9 Å². The fourth-order valence-electron chi connectivity index (χ4n) is 2.22. The summed E-state index contributed by atoms with van der Waals surface area (Å²) in [6, 6.07) is 9.27. The molecule has 1 heterocycles. The van der Waals surface area contributed by atoms with Gasteiger partial charge in [-0.1, -0.05) is 36.4 Å². The zero-order chi connectivity index (χ0) is 12.5. The molecule has 0 amide bonds. The molecule has 0 saturated carbocycles. The van der Waals surface area contributed by atoms with Crippen LogP contribution in [0.2, 0.25) is 0 Å². The van der Waals surface area contributed by atoms with Gasteiger partial charge in [-0.2, -0.15) is 17.9 Å². The van der Waals surface area contributed by atoms with Gasteiger partial charge in [-0.25, -0.2) is 0 Å². The van der Waals surface area contributed by atoms with Crippen LogP contribution in [0.25, 0.3) is 0 Å². The molecule has 0 aromatic heterocycles. The number of nitrogens with one attached hydrogen (secondary N) is 2. The maximum Gasteiger partial charge on any atom is 0.278 e. The third kappa shape index (κ3) is 2.41. The van der Waals surface area contributed by atoms with Crippen LogP contribution in [0, 0.1) is 0 Å². The van der Waals surface area contributed by atoms with E-state index in [4.69, 9.17) is 0 Å². The predicted molar refractivity (Wildman–Crippen MR) is 67.6 cm³/mol. The van der Waals surface area contributed by atoms with Crippen LogP contribution in [0.15, 0.2) is 43.0 Å². The summed E-state index contributed by atoms with van der Waals surface area (Å²) >= 11 is 0. The Hall–Kier alpha value is -1.17. The van der Waals surface area contributed by atoms with Gasteiger partial charge in [0.2, 0.25) is 0 Å². The number of rotatable bonds is 3. The van der Waals surface area contributed by atoms with Gasteiger partial charge in [0.15, 0.2) is 0 Å². The Morgan fingerprint density at radius 1 is 1.41 bits per heavy atom. The quantitative estimate of drug-likeness (QED) is 0.801. The molecule has 1 saturated heterocycles. The van der Waals surface area contributed by atoms with Crippen molar-refractivity contribution in [2.75, 3.05) is 0 Å². The van der Waals surface area contributed by atoms with E-state index in [0.29, 0.717) is 6.42 Å². The van der Waals surface area contributed by atoms with E-state index in [-0.39, 0.29) is 6.04 Å². The molecule has 0 radical (unpaired) electrons. The van der Waals surface area contributed by atoms with Gasteiger partial charge >= 0.3 is 0 Å². The highest BCUT2D eigenvalue weighted by Gasteiger charge is 2.45. The molecule has 1 aromatic rings. The molecule has 0 bridgehead atoms. The minimum absolute atomic E-state index is 0.272. The maximum atomic E-state index is 11.6. The molecule has 2 atom stereocenters. The summed E-state index contributed by atoms with van der Waals surface area (Å²) in [7, 11) is -3.42. The minimum Gasteiger partial charge on any atom is -0.195 e. The fraction of sp³-hybridized carbons (Fsp3) is 0.333.